The first-order valence-electron chi connectivity index (χ1n) is 6.66. The van der Waals surface area contributed by atoms with Crippen LogP contribution in [0.2, 0.25) is 0 Å². The molecule has 3 fully saturated rings. The van der Waals surface area contributed by atoms with Gasteiger partial charge in [-0.3, -0.25) is 0 Å². The van der Waals surface area contributed by atoms with Crippen LogP contribution in [0.4, 0.5) is 0 Å². The lowest BCUT2D eigenvalue weighted by molar-refractivity contribution is -0.101. The topological polar surface area (TPSA) is 20.2 Å². The number of fused-ring (bicyclic) bond motifs is 1. The molecule has 86 valence electrons. The molecule has 1 heteroatoms. The van der Waals surface area contributed by atoms with Crippen LogP contribution in [0.5, 0.6) is 0 Å². The molecule has 0 aromatic rings. The summed E-state index contributed by atoms with van der Waals surface area (Å²) in [6.07, 6.45) is 6.72. The Morgan fingerprint density at radius 3 is 2.60 bits per heavy atom. The molecule has 1 N–H and O–H groups in total. The van der Waals surface area contributed by atoms with Gasteiger partial charge in [0, 0.05) is 0 Å². The lowest BCUT2D eigenvalue weighted by Crippen LogP contribution is -2.50. The number of rotatable bonds is 0. The number of aliphatic hydroxyl groups is 1. The van der Waals surface area contributed by atoms with Gasteiger partial charge < -0.3 is 5.11 Å². The van der Waals surface area contributed by atoms with Crippen LogP contribution in [-0.2, 0) is 0 Å². The number of hydrogen-bond acceptors (Lipinski definition) is 1. The molecule has 1 unspecified atom stereocenters. The summed E-state index contributed by atoms with van der Waals surface area (Å²) in [4.78, 5) is 0. The van der Waals surface area contributed by atoms with Crippen molar-refractivity contribution in [3.63, 3.8) is 0 Å². The summed E-state index contributed by atoms with van der Waals surface area (Å²) in [6.45, 7) is 7.08. The van der Waals surface area contributed by atoms with Gasteiger partial charge >= 0.3 is 0 Å². The Bertz CT molecular complexity index is 283. The first kappa shape index (κ1) is 10.1. The molecule has 3 aliphatic rings. The monoisotopic (exact) mass is 208 g/mol. The van der Waals surface area contributed by atoms with Crippen LogP contribution in [0.15, 0.2) is 0 Å². The van der Waals surface area contributed by atoms with Gasteiger partial charge in [-0.1, -0.05) is 20.8 Å². The Morgan fingerprint density at radius 2 is 1.87 bits per heavy atom. The fourth-order valence-electron chi connectivity index (χ4n) is 5.44. The van der Waals surface area contributed by atoms with Gasteiger partial charge in [0.05, 0.1) is 6.10 Å². The molecule has 0 radical (unpaired) electrons. The molecule has 0 heterocycles. The van der Waals surface area contributed by atoms with E-state index in [-0.39, 0.29) is 11.5 Å². The third-order valence-electron chi connectivity index (χ3n) is 6.29. The zero-order valence-corrected chi connectivity index (χ0v) is 10.3. The van der Waals surface area contributed by atoms with Gasteiger partial charge in [-0.05, 0) is 60.7 Å². The summed E-state index contributed by atoms with van der Waals surface area (Å²) in [5.74, 6) is 2.30. The van der Waals surface area contributed by atoms with Crippen molar-refractivity contribution in [3.8, 4) is 0 Å². The highest BCUT2D eigenvalue weighted by Crippen LogP contribution is 2.69. The Labute approximate surface area is 93.3 Å². The van der Waals surface area contributed by atoms with Crippen molar-refractivity contribution < 1.29 is 5.11 Å². The maximum absolute atomic E-state index is 10.5. The molecular formula is C14H24O. The second-order valence-electron chi connectivity index (χ2n) is 7.03. The van der Waals surface area contributed by atoms with Gasteiger partial charge in [-0.2, -0.15) is 0 Å². The Kier molecular flexibility index (Phi) is 1.89. The fraction of sp³-hybridized carbons (Fsp3) is 1.00. The molecule has 1 nitrogen and oxygen atoms in total. The maximum atomic E-state index is 10.5. The van der Waals surface area contributed by atoms with Crippen molar-refractivity contribution in [2.75, 3.05) is 0 Å². The van der Waals surface area contributed by atoms with Crippen molar-refractivity contribution in [1.82, 2.24) is 0 Å². The largest absolute Gasteiger partial charge is 0.392 e. The third-order valence-corrected chi connectivity index (χ3v) is 6.29. The fourth-order valence-corrected chi connectivity index (χ4v) is 5.44. The smallest absolute Gasteiger partial charge is 0.0622 e. The molecule has 2 bridgehead atoms. The van der Waals surface area contributed by atoms with Gasteiger partial charge in [0.25, 0.3) is 0 Å². The van der Waals surface area contributed by atoms with Crippen molar-refractivity contribution in [3.05, 3.63) is 0 Å². The van der Waals surface area contributed by atoms with E-state index < -0.39 is 0 Å². The molecule has 1 spiro atoms. The average Bonchev–Trinajstić information content (AvgIpc) is 2.71. The van der Waals surface area contributed by atoms with Crippen LogP contribution in [-0.4, -0.2) is 11.2 Å². The van der Waals surface area contributed by atoms with E-state index >= 15 is 0 Å². The minimum atomic E-state index is -0.0385. The van der Waals surface area contributed by atoms with Crippen LogP contribution in [0.25, 0.3) is 0 Å². The Morgan fingerprint density at radius 1 is 1.13 bits per heavy atom. The minimum absolute atomic E-state index is 0.0385. The third kappa shape index (κ3) is 1.03. The van der Waals surface area contributed by atoms with Crippen LogP contribution < -0.4 is 0 Å². The molecule has 0 aromatic heterocycles. The molecule has 5 atom stereocenters. The lowest BCUT2D eigenvalue weighted by atomic mass is 9.55. The highest BCUT2D eigenvalue weighted by Gasteiger charge is 2.63. The van der Waals surface area contributed by atoms with Gasteiger partial charge in [-0.25, -0.2) is 0 Å². The molecular weight excluding hydrogens is 184 g/mol. The predicted molar refractivity (Wildman–Crippen MR) is 61.4 cm³/mol. The van der Waals surface area contributed by atoms with Crippen molar-refractivity contribution in [2.45, 2.75) is 59.0 Å². The Hall–Kier alpha value is -0.0400. The summed E-state index contributed by atoms with van der Waals surface area (Å²) in [6, 6.07) is 0. The standard InChI is InChI=1S/C14H24O/c1-9-4-5-11-13(2,3)12(15)10-6-7-14(9,11)8-10/h9-12,15H,4-8H2,1-3H3/t9-,10+,11?,12+,14-/m0/s1. The molecule has 3 aliphatic carbocycles. The van der Waals surface area contributed by atoms with E-state index in [0.717, 1.165) is 11.8 Å². The Balaban J connectivity index is 2.05. The summed E-state index contributed by atoms with van der Waals surface area (Å²) in [5, 5.41) is 10.5. The number of aliphatic hydroxyl groups excluding tert-OH is 1. The molecule has 0 amide bonds. The quantitative estimate of drug-likeness (QED) is 0.648. The van der Waals surface area contributed by atoms with E-state index in [4.69, 9.17) is 0 Å². The minimum Gasteiger partial charge on any atom is -0.392 e. The molecule has 0 saturated heterocycles. The molecule has 0 aliphatic heterocycles. The van der Waals surface area contributed by atoms with E-state index in [2.05, 4.69) is 20.8 Å². The van der Waals surface area contributed by atoms with Gasteiger partial charge in [0.2, 0.25) is 0 Å². The van der Waals surface area contributed by atoms with Gasteiger partial charge in [0.1, 0.15) is 0 Å². The zero-order valence-electron chi connectivity index (χ0n) is 10.3. The van der Waals surface area contributed by atoms with E-state index in [9.17, 15) is 5.11 Å². The maximum Gasteiger partial charge on any atom is 0.0622 e. The highest BCUT2D eigenvalue weighted by atomic mass is 16.3. The molecule has 3 saturated carbocycles. The van der Waals surface area contributed by atoms with Crippen LogP contribution in [0.3, 0.4) is 0 Å². The summed E-state index contributed by atoms with van der Waals surface area (Å²) in [7, 11) is 0. The van der Waals surface area contributed by atoms with Gasteiger partial charge in [0.15, 0.2) is 0 Å². The highest BCUT2D eigenvalue weighted by molar-refractivity contribution is 5.12. The van der Waals surface area contributed by atoms with Crippen molar-refractivity contribution in [2.24, 2.45) is 28.6 Å². The normalized spacial score (nSPS) is 56.8. The first-order chi connectivity index (χ1) is 6.98. The molecule has 3 rings (SSSR count). The SMILES string of the molecule is C[C@H]1CCC2C(C)(C)[C@H](O)[C@@H]3CC[C@@]21C3. The van der Waals surface area contributed by atoms with E-state index in [1.54, 1.807) is 0 Å². The average molecular weight is 208 g/mol. The van der Waals surface area contributed by atoms with Crippen molar-refractivity contribution >= 4 is 0 Å². The van der Waals surface area contributed by atoms with Crippen LogP contribution >= 0.6 is 0 Å². The van der Waals surface area contributed by atoms with Gasteiger partial charge in [-0.15, -0.1) is 0 Å². The number of hydrogen-bond donors (Lipinski definition) is 1. The summed E-state index contributed by atoms with van der Waals surface area (Å²) < 4.78 is 0. The molecule has 0 aromatic carbocycles. The van der Waals surface area contributed by atoms with Crippen molar-refractivity contribution in [1.29, 1.82) is 0 Å². The van der Waals surface area contributed by atoms with Crippen LogP contribution in [0.1, 0.15) is 52.9 Å². The first-order valence-corrected chi connectivity index (χ1v) is 6.66. The zero-order chi connectivity index (χ0) is 10.8. The second-order valence-corrected chi connectivity index (χ2v) is 7.03. The second kappa shape index (κ2) is 2.80. The van der Waals surface area contributed by atoms with E-state index in [1.165, 1.54) is 32.1 Å². The predicted octanol–water partition coefficient (Wildman–Crippen LogP) is 3.22. The summed E-state index contributed by atoms with van der Waals surface area (Å²) in [5.41, 5.74) is 0.789. The molecule has 15 heavy (non-hydrogen) atoms. The van der Waals surface area contributed by atoms with E-state index in [0.29, 0.717) is 11.3 Å². The summed E-state index contributed by atoms with van der Waals surface area (Å²) >= 11 is 0. The van der Waals surface area contributed by atoms with E-state index in [1.807, 2.05) is 0 Å². The lowest BCUT2D eigenvalue weighted by Gasteiger charge is -2.51. The van der Waals surface area contributed by atoms with Crippen LogP contribution in [0, 0.1) is 28.6 Å².